The van der Waals surface area contributed by atoms with Crippen LogP contribution in [0.5, 0.6) is 0 Å². The van der Waals surface area contributed by atoms with Gasteiger partial charge in [-0.05, 0) is 27.7 Å². The zero-order valence-corrected chi connectivity index (χ0v) is 11.5. The van der Waals surface area contributed by atoms with Gasteiger partial charge in [0, 0.05) is 6.92 Å². The molecule has 6 nitrogen and oxygen atoms in total. The first-order valence-corrected chi connectivity index (χ1v) is 5.38. The molecule has 0 spiro atoms. The number of rotatable bonds is 3. The number of esters is 2. The summed E-state index contributed by atoms with van der Waals surface area (Å²) in [6.07, 6.45) is 0. The van der Waals surface area contributed by atoms with E-state index in [-0.39, 0.29) is 11.5 Å². The lowest BCUT2D eigenvalue weighted by atomic mass is 9.97. The summed E-state index contributed by atoms with van der Waals surface area (Å²) >= 11 is 0. The highest BCUT2D eigenvalue weighted by Gasteiger charge is 2.26. The van der Waals surface area contributed by atoms with Crippen LogP contribution >= 0.6 is 0 Å². The maximum absolute atomic E-state index is 11.7. The largest absolute Gasteiger partial charge is 0.464 e. The van der Waals surface area contributed by atoms with Gasteiger partial charge in [-0.15, -0.1) is 0 Å². The molecular formula is C12H19NO5. The SMILES string of the molecule is COC(=O)/C(NC(C)=O)=C(/C)OC(=O)C(C)(C)C. The Morgan fingerprint density at radius 2 is 1.56 bits per heavy atom. The van der Waals surface area contributed by atoms with Crippen LogP contribution in [0.15, 0.2) is 11.5 Å². The predicted molar refractivity (Wildman–Crippen MR) is 64.1 cm³/mol. The van der Waals surface area contributed by atoms with Gasteiger partial charge < -0.3 is 14.8 Å². The van der Waals surface area contributed by atoms with E-state index in [1.165, 1.54) is 21.0 Å². The van der Waals surface area contributed by atoms with Crippen molar-refractivity contribution in [1.29, 1.82) is 0 Å². The summed E-state index contributed by atoms with van der Waals surface area (Å²) in [5.41, 5.74) is -0.888. The molecule has 0 bridgehead atoms. The first-order chi connectivity index (χ1) is 8.09. The van der Waals surface area contributed by atoms with Crippen molar-refractivity contribution in [3.8, 4) is 0 Å². The molecule has 0 aliphatic carbocycles. The molecule has 0 heterocycles. The standard InChI is InChI=1S/C12H19NO5/c1-7(18-11(16)12(3,4)5)9(10(15)17-6)13-8(2)14/h1-6H3,(H,13,14)/b9-7+. The first kappa shape index (κ1) is 16.1. The Morgan fingerprint density at radius 1 is 1.06 bits per heavy atom. The zero-order valence-electron chi connectivity index (χ0n) is 11.5. The molecule has 0 aliphatic heterocycles. The van der Waals surface area contributed by atoms with Gasteiger partial charge in [0.05, 0.1) is 12.5 Å². The second-order valence-corrected chi connectivity index (χ2v) is 4.74. The van der Waals surface area contributed by atoms with Gasteiger partial charge in [-0.2, -0.15) is 0 Å². The normalized spacial score (nSPS) is 12.3. The molecule has 0 aromatic rings. The van der Waals surface area contributed by atoms with Crippen LogP contribution in [-0.4, -0.2) is 25.0 Å². The number of amides is 1. The average molecular weight is 257 g/mol. The van der Waals surface area contributed by atoms with E-state index in [0.29, 0.717) is 0 Å². The molecule has 0 aromatic carbocycles. The Kier molecular flexibility index (Phi) is 5.55. The second-order valence-electron chi connectivity index (χ2n) is 4.74. The summed E-state index contributed by atoms with van der Waals surface area (Å²) < 4.78 is 9.52. The number of hydrogen-bond donors (Lipinski definition) is 1. The molecule has 102 valence electrons. The predicted octanol–water partition coefficient (Wildman–Crippen LogP) is 1.12. The van der Waals surface area contributed by atoms with Crippen LogP contribution in [0, 0.1) is 5.41 Å². The molecule has 0 unspecified atom stereocenters. The van der Waals surface area contributed by atoms with Gasteiger partial charge in [0.2, 0.25) is 5.91 Å². The first-order valence-electron chi connectivity index (χ1n) is 5.38. The molecule has 1 amide bonds. The van der Waals surface area contributed by atoms with Crippen LogP contribution in [0.3, 0.4) is 0 Å². The van der Waals surface area contributed by atoms with Crippen LogP contribution in [0.1, 0.15) is 34.6 Å². The van der Waals surface area contributed by atoms with Gasteiger partial charge in [0.1, 0.15) is 5.76 Å². The smallest absolute Gasteiger partial charge is 0.358 e. The number of allylic oxidation sites excluding steroid dienone is 1. The third-order valence-electron chi connectivity index (χ3n) is 1.90. The Bertz CT molecular complexity index is 390. The molecule has 1 N–H and O–H groups in total. The molecule has 0 aliphatic rings. The summed E-state index contributed by atoms with van der Waals surface area (Å²) in [7, 11) is 1.17. The fraction of sp³-hybridized carbons (Fsp3) is 0.583. The van der Waals surface area contributed by atoms with Crippen molar-refractivity contribution in [2.75, 3.05) is 7.11 Å². The Balaban J connectivity index is 5.16. The lowest BCUT2D eigenvalue weighted by Crippen LogP contribution is -2.29. The maximum Gasteiger partial charge on any atom is 0.358 e. The molecule has 6 heteroatoms. The van der Waals surface area contributed by atoms with E-state index in [0.717, 1.165) is 0 Å². The number of nitrogens with one attached hydrogen (secondary N) is 1. The molecule has 0 atom stereocenters. The Labute approximate surface area is 106 Å². The van der Waals surface area contributed by atoms with E-state index in [9.17, 15) is 14.4 Å². The highest BCUT2D eigenvalue weighted by molar-refractivity contribution is 5.94. The average Bonchev–Trinajstić information content (AvgIpc) is 2.22. The lowest BCUT2D eigenvalue weighted by Gasteiger charge is -2.18. The van der Waals surface area contributed by atoms with Crippen LogP contribution in [-0.2, 0) is 23.9 Å². The third-order valence-corrected chi connectivity index (χ3v) is 1.90. The number of carbonyl (C=O) groups is 3. The van der Waals surface area contributed by atoms with Gasteiger partial charge in [-0.1, -0.05) is 0 Å². The molecule has 0 saturated carbocycles. The zero-order chi connectivity index (χ0) is 14.5. The van der Waals surface area contributed by atoms with Crippen molar-refractivity contribution in [3.63, 3.8) is 0 Å². The van der Waals surface area contributed by atoms with Crippen LogP contribution in [0.2, 0.25) is 0 Å². The quantitative estimate of drug-likeness (QED) is 0.465. The number of ether oxygens (including phenoxy) is 2. The van der Waals surface area contributed by atoms with E-state index in [2.05, 4.69) is 10.1 Å². The van der Waals surface area contributed by atoms with E-state index in [1.54, 1.807) is 20.8 Å². The van der Waals surface area contributed by atoms with Crippen molar-refractivity contribution in [2.45, 2.75) is 34.6 Å². The fourth-order valence-corrected chi connectivity index (χ4v) is 0.904. The third kappa shape index (κ3) is 4.99. The summed E-state index contributed by atoms with van der Waals surface area (Å²) in [6.45, 7) is 7.68. The number of carbonyl (C=O) groups excluding carboxylic acids is 3. The maximum atomic E-state index is 11.7. The fourth-order valence-electron chi connectivity index (χ4n) is 0.904. The minimum atomic E-state index is -0.774. The lowest BCUT2D eigenvalue weighted by molar-refractivity contribution is -0.149. The summed E-state index contributed by atoms with van der Waals surface area (Å²) in [4.78, 5) is 34.1. The monoisotopic (exact) mass is 257 g/mol. The summed E-state index contributed by atoms with van der Waals surface area (Å²) in [6, 6.07) is 0. The minimum Gasteiger partial charge on any atom is -0.464 e. The molecular weight excluding hydrogens is 238 g/mol. The molecule has 0 saturated heterocycles. The molecule has 0 rings (SSSR count). The van der Waals surface area contributed by atoms with E-state index >= 15 is 0 Å². The Morgan fingerprint density at radius 3 is 1.89 bits per heavy atom. The van der Waals surface area contributed by atoms with Crippen LogP contribution < -0.4 is 5.32 Å². The number of hydrogen-bond acceptors (Lipinski definition) is 5. The van der Waals surface area contributed by atoms with E-state index < -0.39 is 23.3 Å². The van der Waals surface area contributed by atoms with Gasteiger partial charge in [-0.25, -0.2) is 4.79 Å². The van der Waals surface area contributed by atoms with Gasteiger partial charge in [0.15, 0.2) is 5.70 Å². The van der Waals surface area contributed by atoms with Gasteiger partial charge >= 0.3 is 11.9 Å². The van der Waals surface area contributed by atoms with Gasteiger partial charge in [-0.3, -0.25) is 9.59 Å². The second kappa shape index (κ2) is 6.18. The van der Waals surface area contributed by atoms with Crippen molar-refractivity contribution >= 4 is 17.8 Å². The van der Waals surface area contributed by atoms with Gasteiger partial charge in [0.25, 0.3) is 0 Å². The van der Waals surface area contributed by atoms with Crippen molar-refractivity contribution in [1.82, 2.24) is 5.32 Å². The molecule has 0 aromatic heterocycles. The van der Waals surface area contributed by atoms with E-state index in [4.69, 9.17) is 4.74 Å². The van der Waals surface area contributed by atoms with Crippen LogP contribution in [0.4, 0.5) is 0 Å². The topological polar surface area (TPSA) is 81.7 Å². The van der Waals surface area contributed by atoms with Crippen molar-refractivity contribution in [2.24, 2.45) is 5.41 Å². The van der Waals surface area contributed by atoms with Crippen LogP contribution in [0.25, 0.3) is 0 Å². The molecule has 0 radical (unpaired) electrons. The Hall–Kier alpha value is -1.85. The highest BCUT2D eigenvalue weighted by Crippen LogP contribution is 2.18. The summed E-state index contributed by atoms with van der Waals surface area (Å²) in [5.74, 6) is -1.74. The van der Waals surface area contributed by atoms with E-state index in [1.807, 2.05) is 0 Å². The van der Waals surface area contributed by atoms with Crippen molar-refractivity contribution in [3.05, 3.63) is 11.5 Å². The molecule has 0 fully saturated rings. The summed E-state index contributed by atoms with van der Waals surface area (Å²) in [5, 5.41) is 2.28. The minimum absolute atomic E-state index is 0.00280. The number of methoxy groups -OCH3 is 1. The van der Waals surface area contributed by atoms with Crippen molar-refractivity contribution < 1.29 is 23.9 Å². The highest BCUT2D eigenvalue weighted by atomic mass is 16.5. The molecule has 18 heavy (non-hydrogen) atoms.